The summed E-state index contributed by atoms with van der Waals surface area (Å²) in [5, 5.41) is 5.26. The number of nitrogens with one attached hydrogen (secondary N) is 1. The summed E-state index contributed by atoms with van der Waals surface area (Å²) in [5.74, 6) is 0.349. The Morgan fingerprint density at radius 1 is 1.20 bits per heavy atom. The van der Waals surface area contributed by atoms with Crippen LogP contribution in [0, 0.1) is 5.92 Å². The summed E-state index contributed by atoms with van der Waals surface area (Å²) in [7, 11) is 1.95. The average Bonchev–Trinajstić information content (AvgIpc) is 3.38. The number of amides is 2. The van der Waals surface area contributed by atoms with Crippen molar-refractivity contribution >= 4 is 40.9 Å². The van der Waals surface area contributed by atoms with E-state index in [1.165, 1.54) is 0 Å². The van der Waals surface area contributed by atoms with Crippen molar-refractivity contribution in [1.82, 2.24) is 20.0 Å². The third kappa shape index (κ3) is 2.89. The highest BCUT2D eigenvalue weighted by molar-refractivity contribution is 6.34. The van der Waals surface area contributed by atoms with Gasteiger partial charge in [0.1, 0.15) is 17.1 Å². The summed E-state index contributed by atoms with van der Waals surface area (Å²) in [5.41, 5.74) is 7.54. The molecule has 1 spiro atoms. The number of hydrogen-bond donors (Lipinski definition) is 2. The number of carbonyl (C=O) groups excluding carboxylic acids is 2. The number of nitrogen functional groups attached to an aromatic ring is 1. The lowest BCUT2D eigenvalue weighted by molar-refractivity contribution is 0.0945. The van der Waals surface area contributed by atoms with E-state index in [0.29, 0.717) is 47.4 Å². The Morgan fingerprint density at radius 2 is 1.97 bits per heavy atom. The quantitative estimate of drug-likeness (QED) is 0.576. The molecular weight excluding hydrogens is 468 g/mol. The molecule has 2 aromatic heterocycles. The van der Waals surface area contributed by atoms with Gasteiger partial charge in [-0.3, -0.25) is 19.3 Å². The third-order valence-electron chi connectivity index (χ3n) is 7.51. The van der Waals surface area contributed by atoms with Gasteiger partial charge in [0.2, 0.25) is 5.95 Å². The Labute approximate surface area is 207 Å². The van der Waals surface area contributed by atoms with Crippen LogP contribution in [0.2, 0.25) is 5.02 Å². The molecule has 35 heavy (non-hydrogen) atoms. The Balaban J connectivity index is 1.58. The van der Waals surface area contributed by atoms with Crippen LogP contribution in [0.1, 0.15) is 39.9 Å². The number of nitrogens with two attached hydrogens (primary N) is 1. The number of anilines is 3. The van der Waals surface area contributed by atoms with Crippen molar-refractivity contribution in [2.24, 2.45) is 5.92 Å². The van der Waals surface area contributed by atoms with Gasteiger partial charge in [0.25, 0.3) is 11.8 Å². The minimum Gasteiger partial charge on any atom is -0.368 e. The Kier molecular flexibility index (Phi) is 4.72. The van der Waals surface area contributed by atoms with Crippen LogP contribution in [0.25, 0.3) is 0 Å². The molecule has 0 saturated carbocycles. The molecule has 1 aromatic carbocycles. The third-order valence-corrected chi connectivity index (χ3v) is 7.81. The molecule has 3 aliphatic rings. The summed E-state index contributed by atoms with van der Waals surface area (Å²) in [6, 6.07) is 11.3. The fourth-order valence-electron chi connectivity index (χ4n) is 5.72. The van der Waals surface area contributed by atoms with Crippen LogP contribution in [-0.4, -0.2) is 52.3 Å². The molecule has 1 fully saturated rings. The van der Waals surface area contributed by atoms with Gasteiger partial charge in [0.05, 0.1) is 23.8 Å². The second-order valence-corrected chi connectivity index (χ2v) is 9.52. The molecule has 10 nitrogen and oxygen atoms in total. The maximum absolute atomic E-state index is 13.9. The fourth-order valence-corrected chi connectivity index (χ4v) is 5.94. The van der Waals surface area contributed by atoms with Crippen LogP contribution in [0.4, 0.5) is 17.5 Å². The number of carbonyl (C=O) groups is 2. The predicted octanol–water partition coefficient (Wildman–Crippen LogP) is 2.23. The van der Waals surface area contributed by atoms with Crippen molar-refractivity contribution < 1.29 is 9.59 Å². The monoisotopic (exact) mass is 492 g/mol. The number of likely N-dealkylation sites (N-methyl/N-ethyl adjacent to an activating group) is 1. The number of fused-ring (bicyclic) bond motifs is 2. The highest BCUT2D eigenvalue weighted by Crippen LogP contribution is 2.47. The first kappa shape index (κ1) is 21.7. The van der Waals surface area contributed by atoms with Gasteiger partial charge in [0, 0.05) is 31.4 Å². The minimum absolute atomic E-state index is 0.113. The largest absolute Gasteiger partial charge is 0.368 e. The molecule has 5 heterocycles. The zero-order valence-corrected chi connectivity index (χ0v) is 20.2. The summed E-state index contributed by atoms with van der Waals surface area (Å²) >= 11 is 6.54. The van der Waals surface area contributed by atoms with Crippen LogP contribution >= 0.6 is 11.6 Å². The second-order valence-electron chi connectivity index (χ2n) is 9.11. The molecular formula is C24H25ClN8O2. The number of hydrogen-bond acceptors (Lipinski definition) is 7. The summed E-state index contributed by atoms with van der Waals surface area (Å²) < 4.78 is 1.81. The van der Waals surface area contributed by atoms with Gasteiger partial charge in [-0.25, -0.2) is 4.98 Å². The van der Waals surface area contributed by atoms with Crippen LogP contribution in [0.15, 0.2) is 42.6 Å². The van der Waals surface area contributed by atoms with Gasteiger partial charge in [-0.05, 0) is 24.6 Å². The van der Waals surface area contributed by atoms with Gasteiger partial charge in [0.15, 0.2) is 5.66 Å². The first-order valence-electron chi connectivity index (χ1n) is 11.6. The molecule has 0 bridgehead atoms. The van der Waals surface area contributed by atoms with E-state index < -0.39 is 5.66 Å². The molecule has 2 amide bonds. The average molecular weight is 493 g/mol. The first-order valence-corrected chi connectivity index (χ1v) is 11.9. The van der Waals surface area contributed by atoms with Crippen molar-refractivity contribution in [2.45, 2.75) is 25.6 Å². The number of aromatic nitrogens is 3. The van der Waals surface area contributed by atoms with E-state index in [9.17, 15) is 9.59 Å². The van der Waals surface area contributed by atoms with Crippen molar-refractivity contribution in [2.75, 3.05) is 40.7 Å². The molecule has 3 N–H and O–H groups in total. The predicted molar refractivity (Wildman–Crippen MR) is 133 cm³/mol. The van der Waals surface area contributed by atoms with E-state index in [1.807, 2.05) is 47.1 Å². The molecule has 3 aromatic rings. The van der Waals surface area contributed by atoms with Crippen LogP contribution in [-0.2, 0) is 6.54 Å². The zero-order chi connectivity index (χ0) is 24.5. The van der Waals surface area contributed by atoms with E-state index in [-0.39, 0.29) is 23.7 Å². The Morgan fingerprint density at radius 3 is 2.71 bits per heavy atom. The Hall–Kier alpha value is -3.79. The number of halogens is 1. The fraction of sp³-hybridized carbons (Fsp3) is 0.333. The van der Waals surface area contributed by atoms with Crippen LogP contribution in [0.3, 0.4) is 0 Å². The number of nitrogens with zero attached hydrogens (tertiary/aromatic N) is 6. The molecule has 1 unspecified atom stereocenters. The molecule has 11 heteroatoms. The lowest BCUT2D eigenvalue weighted by Crippen LogP contribution is -2.80. The normalized spacial score (nSPS) is 23.2. The Bertz CT molecular complexity index is 1360. The molecule has 0 aliphatic carbocycles. The van der Waals surface area contributed by atoms with Crippen molar-refractivity contribution in [3.63, 3.8) is 0 Å². The number of rotatable bonds is 3. The molecule has 2 atom stereocenters. The maximum Gasteiger partial charge on any atom is 0.278 e. The van der Waals surface area contributed by atoms with E-state index >= 15 is 0 Å². The van der Waals surface area contributed by atoms with E-state index in [0.717, 1.165) is 12.1 Å². The van der Waals surface area contributed by atoms with E-state index in [2.05, 4.69) is 27.1 Å². The molecule has 180 valence electrons. The van der Waals surface area contributed by atoms with Gasteiger partial charge in [-0.15, -0.1) is 0 Å². The molecule has 6 rings (SSSR count). The summed E-state index contributed by atoms with van der Waals surface area (Å²) in [6.07, 6.45) is 2.66. The van der Waals surface area contributed by atoms with Crippen molar-refractivity contribution in [1.29, 1.82) is 0 Å². The van der Waals surface area contributed by atoms with Gasteiger partial charge in [-0.2, -0.15) is 4.98 Å². The lowest BCUT2D eigenvalue weighted by Gasteiger charge is -2.63. The summed E-state index contributed by atoms with van der Waals surface area (Å²) in [4.78, 5) is 39.4. The lowest BCUT2D eigenvalue weighted by atomic mass is 9.77. The van der Waals surface area contributed by atoms with Gasteiger partial charge in [-0.1, -0.05) is 36.7 Å². The van der Waals surface area contributed by atoms with Gasteiger partial charge < -0.3 is 20.9 Å². The topological polar surface area (TPSA) is 113 Å². The smallest absolute Gasteiger partial charge is 0.278 e. The zero-order valence-electron chi connectivity index (χ0n) is 19.4. The highest BCUT2D eigenvalue weighted by atomic mass is 35.5. The SMILES string of the molecule is CC[C@H]1CN(c2nc(N)nc3c2C(=O)NC3)C12CN(c1ccccc1)C(=O)c1c(Cl)ccn1N2C. The van der Waals surface area contributed by atoms with Crippen LogP contribution in [0.5, 0.6) is 0 Å². The van der Waals surface area contributed by atoms with Gasteiger partial charge >= 0.3 is 0 Å². The number of para-hydroxylation sites is 1. The highest BCUT2D eigenvalue weighted by Gasteiger charge is 2.60. The van der Waals surface area contributed by atoms with Crippen LogP contribution < -0.4 is 25.9 Å². The minimum atomic E-state index is -0.717. The maximum atomic E-state index is 13.9. The second kappa shape index (κ2) is 7.61. The van der Waals surface area contributed by atoms with E-state index in [4.69, 9.17) is 17.3 Å². The molecule has 0 radical (unpaired) electrons. The number of benzene rings is 1. The first-order chi connectivity index (χ1) is 16.9. The van der Waals surface area contributed by atoms with Crippen molar-refractivity contribution in [3.05, 3.63) is 64.6 Å². The van der Waals surface area contributed by atoms with Crippen molar-refractivity contribution in [3.8, 4) is 0 Å². The molecule has 3 aliphatic heterocycles. The standard InChI is InChI=1S/C24H25ClN8O2/c1-3-14-12-32(20-18-17(11-27-21(18)34)28-23(26)29-20)24(14)13-31(15-7-5-4-6-8-15)22(35)19-16(25)9-10-33(19)30(24)2/h4-10,14H,3,11-13H2,1-2H3,(H,27,34)(H2,26,28,29)/t14-,24?/m0/s1. The summed E-state index contributed by atoms with van der Waals surface area (Å²) in [6.45, 7) is 3.43. The van der Waals surface area contributed by atoms with E-state index in [1.54, 1.807) is 17.2 Å². The molecule has 1 saturated heterocycles.